The van der Waals surface area contributed by atoms with E-state index in [9.17, 15) is 10.2 Å². The number of alkyl halides is 1. The molecule has 0 aromatic rings. The van der Waals surface area contributed by atoms with Gasteiger partial charge in [-0.2, -0.15) is 0 Å². The predicted octanol–water partition coefficient (Wildman–Crippen LogP) is -0.00800. The monoisotopic (exact) mass is 266 g/mol. The highest BCUT2D eigenvalue weighted by Crippen LogP contribution is 2.30. The molecule has 0 amide bonds. The van der Waals surface area contributed by atoms with E-state index in [1.165, 1.54) is 0 Å². The van der Waals surface area contributed by atoms with Gasteiger partial charge in [0.15, 0.2) is 6.29 Å². The van der Waals surface area contributed by atoms with Gasteiger partial charge in [0, 0.05) is 0 Å². The van der Waals surface area contributed by atoms with E-state index in [0.717, 1.165) is 25.7 Å². The normalized spacial score (nSPS) is 47.3. The lowest BCUT2D eigenvalue weighted by Gasteiger charge is -2.30. The molecule has 0 aromatic carbocycles. The number of rotatable bonds is 3. The molecule has 0 aromatic heterocycles. The molecule has 2 rings (SSSR count). The lowest BCUT2D eigenvalue weighted by molar-refractivity contribution is -0.197. The highest BCUT2D eigenvalue weighted by molar-refractivity contribution is 6.21. The molecule has 1 heterocycles. The van der Waals surface area contributed by atoms with Gasteiger partial charge in [0.2, 0.25) is 0 Å². The van der Waals surface area contributed by atoms with Gasteiger partial charge in [-0.25, -0.2) is 0 Å². The highest BCUT2D eigenvalue weighted by Gasteiger charge is 2.44. The zero-order valence-corrected chi connectivity index (χ0v) is 10.3. The van der Waals surface area contributed by atoms with Crippen molar-refractivity contribution in [3.05, 3.63) is 0 Å². The van der Waals surface area contributed by atoms with Crippen molar-refractivity contribution in [1.29, 1.82) is 0 Å². The summed E-state index contributed by atoms with van der Waals surface area (Å²) in [7, 11) is 0. The molecule has 2 aliphatic rings. The van der Waals surface area contributed by atoms with Crippen LogP contribution in [0, 0.1) is 0 Å². The number of hydrogen-bond donors (Lipinski definition) is 3. The number of aliphatic hydroxyl groups excluding tert-OH is 3. The van der Waals surface area contributed by atoms with E-state index in [1.807, 2.05) is 0 Å². The minimum Gasteiger partial charge on any atom is -0.394 e. The van der Waals surface area contributed by atoms with E-state index in [4.69, 9.17) is 26.2 Å². The molecule has 3 N–H and O–H groups in total. The molecule has 100 valence electrons. The summed E-state index contributed by atoms with van der Waals surface area (Å²) in [4.78, 5) is 0. The van der Waals surface area contributed by atoms with Crippen molar-refractivity contribution in [2.75, 3.05) is 6.61 Å². The summed E-state index contributed by atoms with van der Waals surface area (Å²) in [6.45, 7) is -0.340. The van der Waals surface area contributed by atoms with Gasteiger partial charge in [-0.15, -0.1) is 11.6 Å². The van der Waals surface area contributed by atoms with Crippen LogP contribution in [0.1, 0.15) is 25.7 Å². The van der Waals surface area contributed by atoms with Crippen LogP contribution in [0.3, 0.4) is 0 Å². The summed E-state index contributed by atoms with van der Waals surface area (Å²) in [5.41, 5.74) is 0. The van der Waals surface area contributed by atoms with Gasteiger partial charge in [-0.05, 0) is 12.8 Å². The maximum atomic E-state index is 9.72. The zero-order valence-electron chi connectivity index (χ0n) is 9.54. The van der Waals surface area contributed by atoms with E-state index in [0.29, 0.717) is 0 Å². The highest BCUT2D eigenvalue weighted by atomic mass is 35.5. The molecular formula is C11H19ClO5. The van der Waals surface area contributed by atoms with Gasteiger partial charge < -0.3 is 24.8 Å². The number of ether oxygens (including phenoxy) is 2. The molecule has 0 radical (unpaired) electrons. The molecule has 5 nitrogen and oxygen atoms in total. The van der Waals surface area contributed by atoms with E-state index in [-0.39, 0.29) is 18.1 Å². The van der Waals surface area contributed by atoms with Crippen molar-refractivity contribution in [2.24, 2.45) is 0 Å². The van der Waals surface area contributed by atoms with Crippen LogP contribution in [0.4, 0.5) is 0 Å². The number of aliphatic hydroxyl groups is 3. The Labute approximate surface area is 105 Å². The average molecular weight is 267 g/mol. The second kappa shape index (κ2) is 5.82. The summed E-state index contributed by atoms with van der Waals surface area (Å²) in [6, 6.07) is 0. The van der Waals surface area contributed by atoms with Crippen LogP contribution in [0.25, 0.3) is 0 Å². The van der Waals surface area contributed by atoms with E-state index < -0.39 is 24.6 Å². The Balaban J connectivity index is 1.90. The Morgan fingerprint density at radius 2 is 1.88 bits per heavy atom. The lowest BCUT2D eigenvalue weighted by Crippen LogP contribution is -2.39. The molecular weight excluding hydrogens is 248 g/mol. The maximum absolute atomic E-state index is 9.72. The Kier molecular flexibility index (Phi) is 4.63. The molecule has 6 heteroatoms. The fourth-order valence-electron chi connectivity index (χ4n) is 2.35. The first kappa shape index (κ1) is 13.5. The zero-order chi connectivity index (χ0) is 12.4. The molecule has 1 aliphatic heterocycles. The summed E-state index contributed by atoms with van der Waals surface area (Å²) in [5, 5.41) is 28.2. The third kappa shape index (κ3) is 2.92. The second-order valence-corrected chi connectivity index (χ2v) is 5.24. The van der Waals surface area contributed by atoms with E-state index in [1.54, 1.807) is 0 Å². The molecule has 17 heavy (non-hydrogen) atoms. The lowest BCUT2D eigenvalue weighted by atomic mass is 9.97. The van der Waals surface area contributed by atoms with Crippen LogP contribution in [-0.4, -0.2) is 58.0 Å². The molecule has 0 bridgehead atoms. The Bertz CT molecular complexity index is 252. The van der Waals surface area contributed by atoms with Crippen molar-refractivity contribution < 1.29 is 24.8 Å². The van der Waals surface area contributed by atoms with Gasteiger partial charge in [0.25, 0.3) is 0 Å². The number of hydrogen-bond acceptors (Lipinski definition) is 5. The fourth-order valence-corrected chi connectivity index (χ4v) is 2.69. The molecule has 0 spiro atoms. The molecule has 1 saturated heterocycles. The van der Waals surface area contributed by atoms with Crippen LogP contribution in [-0.2, 0) is 9.47 Å². The summed E-state index contributed by atoms with van der Waals surface area (Å²) < 4.78 is 10.9. The SMILES string of the molecule is OC[C@H]1O[C@@H](OC2CCCCC2Cl)[C@H](O)[C@@H]1O. The van der Waals surface area contributed by atoms with Gasteiger partial charge >= 0.3 is 0 Å². The minimum absolute atomic E-state index is 0.0788. The van der Waals surface area contributed by atoms with E-state index >= 15 is 0 Å². The van der Waals surface area contributed by atoms with Gasteiger partial charge in [0.1, 0.15) is 18.3 Å². The first-order chi connectivity index (χ1) is 8.13. The van der Waals surface area contributed by atoms with Crippen LogP contribution in [0.5, 0.6) is 0 Å². The van der Waals surface area contributed by atoms with Crippen molar-refractivity contribution in [1.82, 2.24) is 0 Å². The molecule has 1 aliphatic carbocycles. The number of halogens is 1. The van der Waals surface area contributed by atoms with Crippen LogP contribution < -0.4 is 0 Å². The quantitative estimate of drug-likeness (QED) is 0.627. The van der Waals surface area contributed by atoms with Crippen LogP contribution in [0.15, 0.2) is 0 Å². The minimum atomic E-state index is -1.13. The van der Waals surface area contributed by atoms with Crippen molar-refractivity contribution in [3.63, 3.8) is 0 Å². The Morgan fingerprint density at radius 1 is 1.18 bits per heavy atom. The van der Waals surface area contributed by atoms with Gasteiger partial charge in [0.05, 0.1) is 18.1 Å². The smallest absolute Gasteiger partial charge is 0.187 e. The molecule has 2 fully saturated rings. The van der Waals surface area contributed by atoms with Gasteiger partial charge in [-0.3, -0.25) is 0 Å². The first-order valence-electron chi connectivity index (χ1n) is 6.05. The van der Waals surface area contributed by atoms with Gasteiger partial charge in [-0.1, -0.05) is 12.8 Å². The largest absolute Gasteiger partial charge is 0.394 e. The summed E-state index contributed by atoms with van der Waals surface area (Å²) in [6.07, 6.45) is -0.220. The van der Waals surface area contributed by atoms with Crippen molar-refractivity contribution >= 4 is 11.6 Å². The van der Waals surface area contributed by atoms with Crippen LogP contribution in [0.2, 0.25) is 0 Å². The molecule has 2 unspecified atom stereocenters. The van der Waals surface area contributed by atoms with Crippen molar-refractivity contribution in [2.45, 2.75) is 61.8 Å². The van der Waals surface area contributed by atoms with Crippen LogP contribution >= 0.6 is 11.6 Å². The standard InChI is InChI=1S/C11H19ClO5/c12-6-3-1-2-4-7(6)16-11-10(15)9(14)8(5-13)17-11/h6-11,13-15H,1-5H2/t6?,7?,8-,9-,10-,11-/m1/s1. The Hall–Kier alpha value is 0.0900. The maximum Gasteiger partial charge on any atom is 0.187 e. The second-order valence-electron chi connectivity index (χ2n) is 4.68. The third-order valence-corrected chi connectivity index (χ3v) is 3.93. The topological polar surface area (TPSA) is 79.2 Å². The molecule has 6 atom stereocenters. The fraction of sp³-hybridized carbons (Fsp3) is 1.00. The molecule has 1 saturated carbocycles. The predicted molar refractivity (Wildman–Crippen MR) is 60.7 cm³/mol. The summed E-state index contributed by atoms with van der Waals surface area (Å²) >= 11 is 6.14. The van der Waals surface area contributed by atoms with E-state index in [2.05, 4.69) is 0 Å². The average Bonchev–Trinajstić information content (AvgIpc) is 2.60. The third-order valence-electron chi connectivity index (χ3n) is 3.43. The Morgan fingerprint density at radius 3 is 2.47 bits per heavy atom. The summed E-state index contributed by atoms with van der Waals surface area (Å²) in [5.74, 6) is 0. The van der Waals surface area contributed by atoms with Crippen molar-refractivity contribution in [3.8, 4) is 0 Å². The first-order valence-corrected chi connectivity index (χ1v) is 6.49.